The molecule has 1 atom stereocenters. The van der Waals surface area contributed by atoms with Gasteiger partial charge in [-0.3, -0.25) is 4.79 Å². The number of nitrogens with one attached hydrogen (secondary N) is 1. The van der Waals surface area contributed by atoms with Crippen LogP contribution in [0.4, 0.5) is 0 Å². The number of hydrogen-bond donors (Lipinski definition) is 1. The molecule has 0 aliphatic heterocycles. The summed E-state index contributed by atoms with van der Waals surface area (Å²) < 4.78 is 16.1. The molecule has 0 spiro atoms. The lowest BCUT2D eigenvalue weighted by molar-refractivity contribution is -0.115. The van der Waals surface area contributed by atoms with E-state index in [4.69, 9.17) is 14.2 Å². The Hall–Kier alpha value is -2.01. The zero-order valence-corrected chi connectivity index (χ0v) is 12.6. The Morgan fingerprint density at radius 2 is 1.90 bits per heavy atom. The summed E-state index contributed by atoms with van der Waals surface area (Å²) in [4.78, 5) is 11.4. The normalized spacial score (nSPS) is 17.7. The van der Waals surface area contributed by atoms with E-state index in [1.165, 1.54) is 0 Å². The SMILES string of the molecule is COc1ccc(CNC2CC=CC(=O)C2)c(OC)c1OC. The number of hydrogen-bond acceptors (Lipinski definition) is 5. The minimum absolute atomic E-state index is 0.165. The second kappa shape index (κ2) is 7.13. The molecular formula is C16H21NO4. The number of ketones is 1. The largest absolute Gasteiger partial charge is 0.493 e. The minimum atomic E-state index is 0.165. The molecule has 1 unspecified atom stereocenters. The highest BCUT2D eigenvalue weighted by Gasteiger charge is 2.18. The van der Waals surface area contributed by atoms with Gasteiger partial charge in [-0.25, -0.2) is 0 Å². The molecular weight excluding hydrogens is 270 g/mol. The van der Waals surface area contributed by atoms with E-state index in [1.54, 1.807) is 27.4 Å². The van der Waals surface area contributed by atoms with Crippen molar-refractivity contribution >= 4 is 5.78 Å². The van der Waals surface area contributed by atoms with Gasteiger partial charge in [-0.05, 0) is 18.6 Å². The fourth-order valence-corrected chi connectivity index (χ4v) is 2.47. The third-order valence-corrected chi connectivity index (χ3v) is 3.54. The zero-order valence-electron chi connectivity index (χ0n) is 12.6. The van der Waals surface area contributed by atoms with Gasteiger partial charge >= 0.3 is 0 Å². The fourth-order valence-electron chi connectivity index (χ4n) is 2.47. The van der Waals surface area contributed by atoms with Gasteiger partial charge < -0.3 is 19.5 Å². The first-order valence-electron chi connectivity index (χ1n) is 6.90. The fraction of sp³-hybridized carbons (Fsp3) is 0.438. The molecule has 0 saturated carbocycles. The molecule has 0 radical (unpaired) electrons. The van der Waals surface area contributed by atoms with Crippen molar-refractivity contribution < 1.29 is 19.0 Å². The molecule has 114 valence electrons. The van der Waals surface area contributed by atoms with Crippen molar-refractivity contribution in [2.45, 2.75) is 25.4 Å². The van der Waals surface area contributed by atoms with Gasteiger partial charge in [0.1, 0.15) is 0 Å². The highest BCUT2D eigenvalue weighted by atomic mass is 16.5. The van der Waals surface area contributed by atoms with E-state index in [9.17, 15) is 4.79 Å². The van der Waals surface area contributed by atoms with Crippen molar-refractivity contribution in [3.05, 3.63) is 29.8 Å². The van der Waals surface area contributed by atoms with Crippen molar-refractivity contribution in [2.24, 2.45) is 0 Å². The quantitative estimate of drug-likeness (QED) is 0.869. The summed E-state index contributed by atoms with van der Waals surface area (Å²) in [6.07, 6.45) is 4.96. The van der Waals surface area contributed by atoms with Gasteiger partial charge in [-0.1, -0.05) is 12.1 Å². The summed E-state index contributed by atoms with van der Waals surface area (Å²) >= 11 is 0. The van der Waals surface area contributed by atoms with Crippen molar-refractivity contribution in [2.75, 3.05) is 21.3 Å². The van der Waals surface area contributed by atoms with Gasteiger partial charge in [0.25, 0.3) is 0 Å². The first-order valence-corrected chi connectivity index (χ1v) is 6.90. The van der Waals surface area contributed by atoms with E-state index >= 15 is 0 Å². The molecule has 1 aliphatic carbocycles. The average molecular weight is 291 g/mol. The van der Waals surface area contributed by atoms with Gasteiger partial charge in [-0.2, -0.15) is 0 Å². The monoisotopic (exact) mass is 291 g/mol. The maximum absolute atomic E-state index is 11.4. The molecule has 0 bridgehead atoms. The predicted octanol–water partition coefficient (Wildman–Crippen LogP) is 2.09. The molecule has 21 heavy (non-hydrogen) atoms. The van der Waals surface area contributed by atoms with Gasteiger partial charge in [0, 0.05) is 24.6 Å². The van der Waals surface area contributed by atoms with E-state index in [-0.39, 0.29) is 11.8 Å². The highest BCUT2D eigenvalue weighted by Crippen LogP contribution is 2.39. The third kappa shape index (κ3) is 3.55. The molecule has 0 aromatic heterocycles. The highest BCUT2D eigenvalue weighted by molar-refractivity contribution is 5.90. The first-order chi connectivity index (χ1) is 10.2. The van der Waals surface area contributed by atoms with Crippen molar-refractivity contribution in [1.29, 1.82) is 0 Å². The summed E-state index contributed by atoms with van der Waals surface area (Å²) in [7, 11) is 4.78. The van der Waals surface area contributed by atoms with Crippen LogP contribution in [-0.4, -0.2) is 33.2 Å². The van der Waals surface area contributed by atoms with Crippen molar-refractivity contribution in [3.8, 4) is 17.2 Å². The van der Waals surface area contributed by atoms with Crippen LogP contribution < -0.4 is 19.5 Å². The lowest BCUT2D eigenvalue weighted by Gasteiger charge is -2.20. The summed E-state index contributed by atoms with van der Waals surface area (Å²) in [6.45, 7) is 0.606. The van der Waals surface area contributed by atoms with E-state index in [0.717, 1.165) is 12.0 Å². The lowest BCUT2D eigenvalue weighted by Crippen LogP contribution is -2.32. The molecule has 0 saturated heterocycles. The number of ether oxygens (including phenoxy) is 3. The number of benzene rings is 1. The van der Waals surface area contributed by atoms with Crippen LogP contribution in [0.15, 0.2) is 24.3 Å². The van der Waals surface area contributed by atoms with Gasteiger partial charge in [-0.15, -0.1) is 0 Å². The topological polar surface area (TPSA) is 56.8 Å². The number of carbonyl (C=O) groups excluding carboxylic acids is 1. The van der Waals surface area contributed by atoms with Crippen LogP contribution in [0, 0.1) is 0 Å². The van der Waals surface area contributed by atoms with E-state index < -0.39 is 0 Å². The summed E-state index contributed by atoms with van der Waals surface area (Å²) in [5.74, 6) is 2.04. The number of carbonyl (C=O) groups is 1. The number of methoxy groups -OCH3 is 3. The zero-order chi connectivity index (χ0) is 15.2. The Morgan fingerprint density at radius 3 is 2.52 bits per heavy atom. The summed E-state index contributed by atoms with van der Waals surface area (Å²) in [6, 6.07) is 3.96. The summed E-state index contributed by atoms with van der Waals surface area (Å²) in [5, 5.41) is 3.38. The first kappa shape index (κ1) is 15.4. The predicted molar refractivity (Wildman–Crippen MR) is 80.1 cm³/mol. The van der Waals surface area contributed by atoms with E-state index in [0.29, 0.717) is 30.2 Å². The second-order valence-electron chi connectivity index (χ2n) is 4.88. The Labute approximate surface area is 124 Å². The minimum Gasteiger partial charge on any atom is -0.493 e. The third-order valence-electron chi connectivity index (χ3n) is 3.54. The Bertz CT molecular complexity index is 539. The molecule has 2 rings (SSSR count). The molecule has 0 heterocycles. The van der Waals surface area contributed by atoms with Crippen molar-refractivity contribution in [1.82, 2.24) is 5.32 Å². The molecule has 5 nitrogen and oxygen atoms in total. The van der Waals surface area contributed by atoms with Gasteiger partial charge in [0.15, 0.2) is 17.3 Å². The Kier molecular flexibility index (Phi) is 5.22. The summed E-state index contributed by atoms with van der Waals surface area (Å²) in [5.41, 5.74) is 0.970. The van der Waals surface area contributed by atoms with Crippen LogP contribution in [0.3, 0.4) is 0 Å². The average Bonchev–Trinajstić information content (AvgIpc) is 2.51. The van der Waals surface area contributed by atoms with E-state index in [2.05, 4.69) is 5.32 Å². The molecule has 0 fully saturated rings. The Balaban J connectivity index is 2.12. The van der Waals surface area contributed by atoms with E-state index in [1.807, 2.05) is 18.2 Å². The number of rotatable bonds is 6. The standard InChI is InChI=1S/C16H21NO4/c1-19-14-8-7-11(15(20-2)16(14)21-3)10-17-12-5-4-6-13(18)9-12/h4,6-8,12,17H,5,9-10H2,1-3H3. The lowest BCUT2D eigenvalue weighted by atomic mass is 10.0. The molecule has 1 aromatic carbocycles. The maximum Gasteiger partial charge on any atom is 0.203 e. The van der Waals surface area contributed by atoms with Crippen LogP contribution >= 0.6 is 0 Å². The maximum atomic E-state index is 11.4. The smallest absolute Gasteiger partial charge is 0.203 e. The molecule has 1 N–H and O–H groups in total. The number of allylic oxidation sites excluding steroid dienone is 1. The molecule has 1 aromatic rings. The molecule has 0 amide bonds. The molecule has 1 aliphatic rings. The van der Waals surface area contributed by atoms with Crippen LogP contribution in [0.1, 0.15) is 18.4 Å². The van der Waals surface area contributed by atoms with Crippen LogP contribution in [0.2, 0.25) is 0 Å². The molecule has 5 heteroatoms. The van der Waals surface area contributed by atoms with Gasteiger partial charge in [0.05, 0.1) is 21.3 Å². The van der Waals surface area contributed by atoms with Crippen LogP contribution in [-0.2, 0) is 11.3 Å². The van der Waals surface area contributed by atoms with Gasteiger partial charge in [0.2, 0.25) is 5.75 Å². The van der Waals surface area contributed by atoms with Crippen LogP contribution in [0.5, 0.6) is 17.2 Å². The van der Waals surface area contributed by atoms with Crippen LogP contribution in [0.25, 0.3) is 0 Å². The second-order valence-corrected chi connectivity index (χ2v) is 4.88. The van der Waals surface area contributed by atoms with Crippen molar-refractivity contribution in [3.63, 3.8) is 0 Å². The Morgan fingerprint density at radius 1 is 1.14 bits per heavy atom.